The molecule has 7 heteroatoms. The first-order chi connectivity index (χ1) is 9.45. The van der Waals surface area contributed by atoms with E-state index in [0.29, 0.717) is 23.9 Å². The van der Waals surface area contributed by atoms with Crippen molar-refractivity contribution in [3.8, 4) is 0 Å². The zero-order valence-corrected chi connectivity index (χ0v) is 14.2. The highest BCUT2D eigenvalue weighted by Crippen LogP contribution is 2.29. The van der Waals surface area contributed by atoms with E-state index < -0.39 is 10.0 Å². The van der Waals surface area contributed by atoms with Crippen LogP contribution in [0.1, 0.15) is 22.6 Å². The van der Waals surface area contributed by atoms with Crippen molar-refractivity contribution in [3.05, 3.63) is 15.8 Å². The van der Waals surface area contributed by atoms with Gasteiger partial charge in [-0.1, -0.05) is 0 Å². The quantitative estimate of drug-likeness (QED) is 0.776. The number of hydrogen-bond acceptors (Lipinski definition) is 4. The standard InChI is InChI=1S/C13H20ClNO3S2/c1-10-13(6-12(7-14)19-10)20(16,17)15(2)8-11-4-3-5-18-9-11/h6,11H,3-5,7-9H2,1-2H3. The van der Waals surface area contributed by atoms with Crippen LogP contribution in [0.4, 0.5) is 0 Å². The maximum atomic E-state index is 12.6. The Balaban J connectivity index is 2.13. The molecule has 0 amide bonds. The van der Waals surface area contributed by atoms with Crippen molar-refractivity contribution in [2.75, 3.05) is 26.8 Å². The highest BCUT2D eigenvalue weighted by atomic mass is 35.5. The summed E-state index contributed by atoms with van der Waals surface area (Å²) in [6.07, 6.45) is 2.03. The molecule has 2 heterocycles. The van der Waals surface area contributed by atoms with E-state index in [1.807, 2.05) is 6.92 Å². The van der Waals surface area contributed by atoms with Crippen LogP contribution in [0.15, 0.2) is 11.0 Å². The van der Waals surface area contributed by atoms with Crippen molar-refractivity contribution in [3.63, 3.8) is 0 Å². The summed E-state index contributed by atoms with van der Waals surface area (Å²) in [6.45, 7) is 3.77. The SMILES string of the molecule is Cc1sc(CCl)cc1S(=O)(=O)N(C)CC1CCCOC1. The number of hydrogen-bond donors (Lipinski definition) is 0. The lowest BCUT2D eigenvalue weighted by Crippen LogP contribution is -2.35. The van der Waals surface area contributed by atoms with Gasteiger partial charge in [-0.3, -0.25) is 0 Å². The molecule has 1 aromatic rings. The Bertz CT molecular complexity index is 550. The molecule has 1 unspecified atom stereocenters. The van der Waals surface area contributed by atoms with Crippen molar-refractivity contribution in [1.29, 1.82) is 0 Å². The van der Waals surface area contributed by atoms with Crippen LogP contribution < -0.4 is 0 Å². The van der Waals surface area contributed by atoms with E-state index in [1.165, 1.54) is 15.6 Å². The van der Waals surface area contributed by atoms with E-state index in [4.69, 9.17) is 16.3 Å². The lowest BCUT2D eigenvalue weighted by molar-refractivity contribution is 0.0495. The summed E-state index contributed by atoms with van der Waals surface area (Å²) in [5.41, 5.74) is 0. The first-order valence-corrected chi connectivity index (χ1v) is 9.43. The van der Waals surface area contributed by atoms with Crippen LogP contribution in [0.5, 0.6) is 0 Å². The smallest absolute Gasteiger partial charge is 0.243 e. The maximum Gasteiger partial charge on any atom is 0.243 e. The fourth-order valence-electron chi connectivity index (χ4n) is 2.43. The summed E-state index contributed by atoms with van der Waals surface area (Å²) < 4.78 is 32.1. The maximum absolute atomic E-state index is 12.6. The molecule has 0 N–H and O–H groups in total. The topological polar surface area (TPSA) is 46.6 Å². The summed E-state index contributed by atoms with van der Waals surface area (Å²) in [5.74, 6) is 0.635. The van der Waals surface area contributed by atoms with Gasteiger partial charge in [0.15, 0.2) is 0 Å². The third kappa shape index (κ3) is 3.54. The molecule has 0 saturated carbocycles. The predicted molar refractivity (Wildman–Crippen MR) is 82.0 cm³/mol. The Morgan fingerprint density at radius 3 is 2.85 bits per heavy atom. The number of thiophene rings is 1. The summed E-state index contributed by atoms with van der Waals surface area (Å²) in [7, 11) is -1.79. The van der Waals surface area contributed by atoms with Gasteiger partial charge in [0.2, 0.25) is 10.0 Å². The van der Waals surface area contributed by atoms with Gasteiger partial charge in [0.1, 0.15) is 0 Å². The minimum absolute atomic E-state index is 0.287. The second-order valence-corrected chi connectivity index (χ2v) is 8.76. The van der Waals surface area contributed by atoms with Crippen molar-refractivity contribution in [1.82, 2.24) is 4.31 Å². The number of nitrogens with zero attached hydrogens (tertiary/aromatic N) is 1. The second kappa shape index (κ2) is 6.75. The Labute approximate surface area is 129 Å². The van der Waals surface area contributed by atoms with E-state index in [0.717, 1.165) is 29.2 Å². The minimum atomic E-state index is -3.43. The molecule has 114 valence electrons. The molecule has 20 heavy (non-hydrogen) atoms. The Kier molecular flexibility index (Phi) is 5.48. The third-order valence-corrected chi connectivity index (χ3v) is 7.09. The number of alkyl halides is 1. The molecule has 1 aliphatic heterocycles. The molecular weight excluding hydrogens is 318 g/mol. The van der Waals surface area contributed by atoms with Gasteiger partial charge in [0, 0.05) is 30.0 Å². The fourth-order valence-corrected chi connectivity index (χ4v) is 5.36. The molecule has 1 aliphatic rings. The van der Waals surface area contributed by atoms with Crippen LogP contribution in [-0.4, -0.2) is 39.5 Å². The van der Waals surface area contributed by atoms with E-state index in [9.17, 15) is 8.42 Å². The van der Waals surface area contributed by atoms with Crippen LogP contribution >= 0.6 is 22.9 Å². The van der Waals surface area contributed by atoms with Gasteiger partial charge >= 0.3 is 0 Å². The lowest BCUT2D eigenvalue weighted by atomic mass is 10.0. The zero-order chi connectivity index (χ0) is 14.8. The average Bonchev–Trinajstić information content (AvgIpc) is 2.82. The number of rotatable bonds is 5. The van der Waals surface area contributed by atoms with Crippen LogP contribution in [-0.2, 0) is 20.6 Å². The van der Waals surface area contributed by atoms with E-state index in [-0.39, 0.29) is 5.92 Å². The number of aryl methyl sites for hydroxylation is 1. The van der Waals surface area contributed by atoms with Gasteiger partial charge in [-0.05, 0) is 31.7 Å². The van der Waals surface area contributed by atoms with Crippen LogP contribution in [0, 0.1) is 12.8 Å². The Morgan fingerprint density at radius 2 is 2.30 bits per heavy atom. The second-order valence-electron chi connectivity index (χ2n) is 5.14. The zero-order valence-electron chi connectivity index (χ0n) is 11.8. The molecule has 1 saturated heterocycles. The fraction of sp³-hybridized carbons (Fsp3) is 0.692. The average molecular weight is 338 g/mol. The normalized spacial score (nSPS) is 20.5. The molecule has 1 aromatic heterocycles. The largest absolute Gasteiger partial charge is 0.381 e. The molecule has 0 radical (unpaired) electrons. The van der Waals surface area contributed by atoms with Gasteiger partial charge in [0.05, 0.1) is 17.4 Å². The van der Waals surface area contributed by atoms with Gasteiger partial charge in [-0.25, -0.2) is 12.7 Å². The monoisotopic (exact) mass is 337 g/mol. The Hall–Kier alpha value is -0.140. The highest BCUT2D eigenvalue weighted by molar-refractivity contribution is 7.89. The summed E-state index contributed by atoms with van der Waals surface area (Å²) in [4.78, 5) is 2.07. The summed E-state index contributed by atoms with van der Waals surface area (Å²) in [5, 5.41) is 0. The number of sulfonamides is 1. The summed E-state index contributed by atoms with van der Waals surface area (Å²) in [6, 6.07) is 1.69. The molecule has 0 bridgehead atoms. The van der Waals surface area contributed by atoms with Crippen molar-refractivity contribution < 1.29 is 13.2 Å². The van der Waals surface area contributed by atoms with Gasteiger partial charge in [-0.15, -0.1) is 22.9 Å². The van der Waals surface area contributed by atoms with Gasteiger partial charge < -0.3 is 4.74 Å². The molecule has 1 atom stereocenters. The van der Waals surface area contributed by atoms with E-state index in [1.54, 1.807) is 13.1 Å². The molecular formula is C13H20ClNO3S2. The molecule has 0 aliphatic carbocycles. The predicted octanol–water partition coefficient (Wildman–Crippen LogP) is 2.84. The first kappa shape index (κ1) is 16.2. The molecule has 4 nitrogen and oxygen atoms in total. The number of ether oxygens (including phenoxy) is 1. The van der Waals surface area contributed by atoms with Crippen molar-refractivity contribution in [2.45, 2.75) is 30.5 Å². The summed E-state index contributed by atoms with van der Waals surface area (Å²) >= 11 is 7.23. The molecule has 0 aromatic carbocycles. The van der Waals surface area contributed by atoms with Gasteiger partial charge in [0.25, 0.3) is 0 Å². The van der Waals surface area contributed by atoms with Crippen molar-refractivity contribution >= 4 is 33.0 Å². The highest BCUT2D eigenvalue weighted by Gasteiger charge is 2.27. The molecule has 2 rings (SSSR count). The molecule has 0 spiro atoms. The van der Waals surface area contributed by atoms with Crippen molar-refractivity contribution in [2.24, 2.45) is 5.92 Å². The van der Waals surface area contributed by atoms with E-state index in [2.05, 4.69) is 0 Å². The van der Waals surface area contributed by atoms with Gasteiger partial charge in [-0.2, -0.15) is 0 Å². The number of halogens is 1. The Morgan fingerprint density at radius 1 is 1.55 bits per heavy atom. The minimum Gasteiger partial charge on any atom is -0.381 e. The van der Waals surface area contributed by atoms with Crippen LogP contribution in [0.25, 0.3) is 0 Å². The van der Waals surface area contributed by atoms with Crippen LogP contribution in [0.3, 0.4) is 0 Å². The lowest BCUT2D eigenvalue weighted by Gasteiger charge is -2.26. The van der Waals surface area contributed by atoms with E-state index >= 15 is 0 Å². The van der Waals surface area contributed by atoms with Crippen LogP contribution in [0.2, 0.25) is 0 Å². The molecule has 1 fully saturated rings. The third-order valence-electron chi connectivity index (χ3n) is 3.51. The first-order valence-electron chi connectivity index (χ1n) is 6.64.